The molecule has 0 aromatic rings. The summed E-state index contributed by atoms with van der Waals surface area (Å²) in [5, 5.41) is 0. The van der Waals surface area contributed by atoms with Gasteiger partial charge >= 0.3 is 0 Å². The average Bonchev–Trinajstić information content (AvgIpc) is 2.26. The molecule has 0 radical (unpaired) electrons. The number of nitrogens with two attached hydrogens (primary N) is 1. The molecule has 1 amide bonds. The van der Waals surface area contributed by atoms with E-state index in [2.05, 4.69) is 0 Å². The fourth-order valence-corrected chi connectivity index (χ4v) is 2.48. The molecule has 1 fully saturated rings. The van der Waals surface area contributed by atoms with Gasteiger partial charge in [0, 0.05) is 20.0 Å². The first-order valence-corrected chi connectivity index (χ1v) is 6.08. The quantitative estimate of drug-likeness (QED) is 0.772. The Hall–Kier alpha value is -0.570. The van der Waals surface area contributed by atoms with E-state index in [4.69, 9.17) is 5.73 Å². The van der Waals surface area contributed by atoms with E-state index < -0.39 is 0 Å². The van der Waals surface area contributed by atoms with E-state index in [1.165, 1.54) is 32.1 Å². The van der Waals surface area contributed by atoms with Crippen molar-refractivity contribution in [1.29, 1.82) is 0 Å². The second-order valence-corrected chi connectivity index (χ2v) is 4.74. The SMILES string of the molecule is CC(=O)N(C)C1CCC(CCCN)CC1. The summed E-state index contributed by atoms with van der Waals surface area (Å²) in [6.45, 7) is 2.47. The van der Waals surface area contributed by atoms with E-state index in [9.17, 15) is 4.79 Å². The molecule has 0 aromatic heterocycles. The van der Waals surface area contributed by atoms with Crippen LogP contribution in [0.3, 0.4) is 0 Å². The lowest BCUT2D eigenvalue weighted by Crippen LogP contribution is -2.38. The summed E-state index contributed by atoms with van der Waals surface area (Å²) in [4.78, 5) is 13.1. The van der Waals surface area contributed by atoms with E-state index >= 15 is 0 Å². The van der Waals surface area contributed by atoms with Crippen molar-refractivity contribution in [2.75, 3.05) is 13.6 Å². The van der Waals surface area contributed by atoms with E-state index in [0.717, 1.165) is 18.9 Å². The zero-order chi connectivity index (χ0) is 11.3. The Bertz CT molecular complexity index is 198. The van der Waals surface area contributed by atoms with E-state index in [1.54, 1.807) is 6.92 Å². The van der Waals surface area contributed by atoms with Gasteiger partial charge in [-0.1, -0.05) is 0 Å². The van der Waals surface area contributed by atoms with Crippen molar-refractivity contribution in [2.45, 2.75) is 51.5 Å². The van der Waals surface area contributed by atoms with Crippen molar-refractivity contribution in [3.63, 3.8) is 0 Å². The minimum absolute atomic E-state index is 0.195. The van der Waals surface area contributed by atoms with Gasteiger partial charge in [0.15, 0.2) is 0 Å². The topological polar surface area (TPSA) is 46.3 Å². The Balaban J connectivity index is 2.26. The second kappa shape index (κ2) is 6.11. The molecule has 88 valence electrons. The Kier molecular flexibility index (Phi) is 5.09. The number of rotatable bonds is 4. The molecule has 1 rings (SSSR count). The molecule has 0 aromatic carbocycles. The number of carbonyl (C=O) groups is 1. The van der Waals surface area contributed by atoms with Crippen LogP contribution in [0.15, 0.2) is 0 Å². The highest BCUT2D eigenvalue weighted by molar-refractivity contribution is 5.73. The zero-order valence-corrected chi connectivity index (χ0v) is 10.0. The highest BCUT2D eigenvalue weighted by Crippen LogP contribution is 2.29. The minimum Gasteiger partial charge on any atom is -0.343 e. The number of hydrogen-bond acceptors (Lipinski definition) is 2. The van der Waals surface area contributed by atoms with Gasteiger partial charge in [0.2, 0.25) is 5.91 Å². The Morgan fingerprint density at radius 2 is 1.93 bits per heavy atom. The van der Waals surface area contributed by atoms with Crippen molar-refractivity contribution in [2.24, 2.45) is 11.7 Å². The number of amides is 1. The summed E-state index contributed by atoms with van der Waals surface area (Å²) >= 11 is 0. The molecular formula is C12H24N2O. The van der Waals surface area contributed by atoms with Gasteiger partial charge in [-0.2, -0.15) is 0 Å². The van der Waals surface area contributed by atoms with Gasteiger partial charge in [-0.05, 0) is 51.0 Å². The lowest BCUT2D eigenvalue weighted by Gasteiger charge is -2.34. The summed E-state index contributed by atoms with van der Waals surface area (Å²) in [6, 6.07) is 0.483. The lowest BCUT2D eigenvalue weighted by molar-refractivity contribution is -0.130. The van der Waals surface area contributed by atoms with Crippen LogP contribution in [0.1, 0.15) is 45.4 Å². The van der Waals surface area contributed by atoms with Crippen molar-refractivity contribution in [3.05, 3.63) is 0 Å². The largest absolute Gasteiger partial charge is 0.343 e. The minimum atomic E-state index is 0.195. The first-order valence-electron chi connectivity index (χ1n) is 6.08. The molecule has 1 aliphatic rings. The molecule has 3 heteroatoms. The fraction of sp³-hybridized carbons (Fsp3) is 0.917. The summed E-state index contributed by atoms with van der Waals surface area (Å²) < 4.78 is 0. The van der Waals surface area contributed by atoms with Crippen LogP contribution in [0.4, 0.5) is 0 Å². The predicted molar refractivity (Wildman–Crippen MR) is 62.5 cm³/mol. The molecule has 15 heavy (non-hydrogen) atoms. The third kappa shape index (κ3) is 3.82. The third-order valence-corrected chi connectivity index (χ3v) is 3.68. The van der Waals surface area contributed by atoms with Crippen LogP contribution < -0.4 is 5.73 Å². The molecule has 0 saturated heterocycles. The van der Waals surface area contributed by atoms with E-state index in [0.29, 0.717) is 6.04 Å². The lowest BCUT2D eigenvalue weighted by atomic mass is 9.83. The second-order valence-electron chi connectivity index (χ2n) is 4.74. The Morgan fingerprint density at radius 3 is 2.40 bits per heavy atom. The van der Waals surface area contributed by atoms with Gasteiger partial charge in [-0.25, -0.2) is 0 Å². The van der Waals surface area contributed by atoms with Gasteiger partial charge < -0.3 is 10.6 Å². The highest BCUT2D eigenvalue weighted by atomic mass is 16.2. The van der Waals surface area contributed by atoms with Gasteiger partial charge in [-0.3, -0.25) is 4.79 Å². The summed E-state index contributed by atoms with van der Waals surface area (Å²) in [7, 11) is 1.92. The van der Waals surface area contributed by atoms with Crippen LogP contribution in [-0.4, -0.2) is 30.4 Å². The number of carbonyl (C=O) groups excluding carboxylic acids is 1. The van der Waals surface area contributed by atoms with Gasteiger partial charge in [0.05, 0.1) is 0 Å². The van der Waals surface area contributed by atoms with Crippen molar-refractivity contribution < 1.29 is 4.79 Å². The molecule has 0 aliphatic heterocycles. The van der Waals surface area contributed by atoms with Crippen LogP contribution in [0.25, 0.3) is 0 Å². The summed E-state index contributed by atoms with van der Waals surface area (Å²) in [6.07, 6.45) is 7.30. The highest BCUT2D eigenvalue weighted by Gasteiger charge is 2.24. The Labute approximate surface area is 93.0 Å². The zero-order valence-electron chi connectivity index (χ0n) is 10.0. The van der Waals surface area contributed by atoms with Crippen LogP contribution in [-0.2, 0) is 4.79 Å². The summed E-state index contributed by atoms with van der Waals surface area (Å²) in [5.74, 6) is 1.05. The monoisotopic (exact) mass is 212 g/mol. The maximum atomic E-state index is 11.2. The molecule has 1 aliphatic carbocycles. The molecule has 1 saturated carbocycles. The van der Waals surface area contributed by atoms with Gasteiger partial charge in [0.1, 0.15) is 0 Å². The smallest absolute Gasteiger partial charge is 0.219 e. The summed E-state index contributed by atoms with van der Waals surface area (Å²) in [5.41, 5.74) is 5.51. The molecule has 0 atom stereocenters. The van der Waals surface area contributed by atoms with E-state index in [1.807, 2.05) is 11.9 Å². The van der Waals surface area contributed by atoms with Crippen LogP contribution in [0.5, 0.6) is 0 Å². The predicted octanol–water partition coefficient (Wildman–Crippen LogP) is 1.76. The third-order valence-electron chi connectivity index (χ3n) is 3.68. The first kappa shape index (κ1) is 12.5. The van der Waals surface area contributed by atoms with Crippen LogP contribution >= 0.6 is 0 Å². The van der Waals surface area contributed by atoms with Gasteiger partial charge in [-0.15, -0.1) is 0 Å². The maximum absolute atomic E-state index is 11.2. The number of nitrogens with zero attached hydrogens (tertiary/aromatic N) is 1. The molecule has 0 bridgehead atoms. The van der Waals surface area contributed by atoms with Crippen molar-refractivity contribution >= 4 is 5.91 Å². The molecular weight excluding hydrogens is 188 g/mol. The maximum Gasteiger partial charge on any atom is 0.219 e. The fourth-order valence-electron chi connectivity index (χ4n) is 2.48. The molecule has 0 heterocycles. The van der Waals surface area contributed by atoms with Crippen molar-refractivity contribution in [3.8, 4) is 0 Å². The van der Waals surface area contributed by atoms with Crippen LogP contribution in [0.2, 0.25) is 0 Å². The molecule has 0 spiro atoms. The first-order chi connectivity index (χ1) is 7.15. The molecule has 3 nitrogen and oxygen atoms in total. The molecule has 2 N–H and O–H groups in total. The van der Waals surface area contributed by atoms with Crippen molar-refractivity contribution in [1.82, 2.24) is 4.90 Å². The normalized spacial score (nSPS) is 26.3. The average molecular weight is 212 g/mol. The number of hydrogen-bond donors (Lipinski definition) is 1. The Morgan fingerprint density at radius 1 is 1.33 bits per heavy atom. The molecule has 0 unspecified atom stereocenters. The van der Waals surface area contributed by atoms with Gasteiger partial charge in [0.25, 0.3) is 0 Å². The van der Waals surface area contributed by atoms with Crippen LogP contribution in [0, 0.1) is 5.92 Å². The standard InChI is InChI=1S/C12H24N2O/c1-10(15)14(2)12-7-5-11(6-8-12)4-3-9-13/h11-12H,3-9,13H2,1-2H3. The van der Waals surface area contributed by atoms with E-state index in [-0.39, 0.29) is 5.91 Å².